The van der Waals surface area contributed by atoms with Gasteiger partial charge in [-0.05, 0) is 30.5 Å². The maximum Gasteiger partial charge on any atom is 0.150 e. The zero-order valence-electron chi connectivity index (χ0n) is 11.4. The summed E-state index contributed by atoms with van der Waals surface area (Å²) in [5.41, 5.74) is 6.82. The van der Waals surface area contributed by atoms with Crippen LogP contribution in [0.4, 0.5) is 16.0 Å². The van der Waals surface area contributed by atoms with Crippen LogP contribution in [0.3, 0.4) is 0 Å². The van der Waals surface area contributed by atoms with E-state index in [9.17, 15) is 4.39 Å². The monoisotopic (exact) mass is 306 g/mol. The van der Waals surface area contributed by atoms with Crippen LogP contribution in [0.2, 0.25) is 5.02 Å². The fourth-order valence-corrected chi connectivity index (χ4v) is 2.90. The van der Waals surface area contributed by atoms with E-state index in [-0.39, 0.29) is 17.1 Å². The molecule has 21 heavy (non-hydrogen) atoms. The van der Waals surface area contributed by atoms with Gasteiger partial charge in [-0.1, -0.05) is 30.2 Å². The Hall–Kier alpha value is -1.88. The summed E-state index contributed by atoms with van der Waals surface area (Å²) in [6.45, 7) is 0.689. The maximum atomic E-state index is 13.1. The molecular formula is C15H16ClFN4. The van der Waals surface area contributed by atoms with Crippen molar-refractivity contribution in [2.45, 2.75) is 24.7 Å². The van der Waals surface area contributed by atoms with Gasteiger partial charge in [-0.15, -0.1) is 0 Å². The van der Waals surface area contributed by atoms with E-state index in [2.05, 4.69) is 15.3 Å². The first kappa shape index (κ1) is 14.1. The Kier molecular flexibility index (Phi) is 3.68. The zero-order valence-corrected chi connectivity index (χ0v) is 12.2. The van der Waals surface area contributed by atoms with Gasteiger partial charge in [0.2, 0.25) is 0 Å². The number of anilines is 2. The molecule has 2 aromatic rings. The van der Waals surface area contributed by atoms with Gasteiger partial charge in [0.05, 0.1) is 0 Å². The fourth-order valence-electron chi connectivity index (χ4n) is 2.73. The molecule has 6 heteroatoms. The van der Waals surface area contributed by atoms with Crippen LogP contribution in [0.5, 0.6) is 0 Å². The molecule has 110 valence electrons. The average molecular weight is 307 g/mol. The number of nitrogens with zero attached hydrogens (tertiary/aromatic N) is 2. The first-order chi connectivity index (χ1) is 10.1. The summed E-state index contributed by atoms with van der Waals surface area (Å²) in [7, 11) is 0. The minimum absolute atomic E-state index is 0.0107. The number of nitrogens with two attached hydrogens (primary N) is 1. The van der Waals surface area contributed by atoms with Crippen LogP contribution in [0.25, 0.3) is 0 Å². The van der Waals surface area contributed by atoms with E-state index in [1.807, 2.05) is 12.1 Å². The zero-order chi connectivity index (χ0) is 14.9. The largest absolute Gasteiger partial charge is 0.382 e. The number of benzene rings is 1. The quantitative estimate of drug-likeness (QED) is 0.909. The van der Waals surface area contributed by atoms with Crippen molar-refractivity contribution in [1.29, 1.82) is 0 Å². The van der Waals surface area contributed by atoms with Gasteiger partial charge >= 0.3 is 0 Å². The molecule has 0 aliphatic heterocycles. The number of halogens is 2. The Morgan fingerprint density at radius 1 is 1.24 bits per heavy atom. The summed E-state index contributed by atoms with van der Waals surface area (Å²) >= 11 is 6.09. The van der Waals surface area contributed by atoms with Crippen molar-refractivity contribution in [3.05, 3.63) is 47.0 Å². The van der Waals surface area contributed by atoms with Gasteiger partial charge in [0, 0.05) is 12.0 Å². The molecule has 1 heterocycles. The van der Waals surface area contributed by atoms with Crippen molar-refractivity contribution in [3.63, 3.8) is 0 Å². The van der Waals surface area contributed by atoms with Gasteiger partial charge in [0.25, 0.3) is 0 Å². The number of nitrogens with one attached hydrogen (secondary N) is 1. The van der Waals surface area contributed by atoms with E-state index in [4.69, 9.17) is 17.3 Å². The van der Waals surface area contributed by atoms with Crippen LogP contribution >= 0.6 is 11.6 Å². The second-order valence-electron chi connectivity index (χ2n) is 5.42. The van der Waals surface area contributed by atoms with E-state index in [0.717, 1.165) is 18.4 Å². The third-order valence-electron chi connectivity index (χ3n) is 4.18. The molecule has 1 aliphatic rings. The highest BCUT2D eigenvalue weighted by Gasteiger charge is 2.38. The predicted molar refractivity (Wildman–Crippen MR) is 81.9 cm³/mol. The van der Waals surface area contributed by atoms with Crippen LogP contribution in [-0.2, 0) is 5.41 Å². The molecule has 4 nitrogen and oxygen atoms in total. The third kappa shape index (κ3) is 2.65. The molecule has 0 unspecified atom stereocenters. The second-order valence-corrected chi connectivity index (χ2v) is 5.79. The normalized spacial score (nSPS) is 16.3. The molecule has 1 aromatic carbocycles. The number of nitrogen functional groups attached to an aromatic ring is 1. The summed E-state index contributed by atoms with van der Waals surface area (Å²) < 4.78 is 13.1. The molecule has 1 aliphatic carbocycles. The first-order valence-corrected chi connectivity index (χ1v) is 7.24. The summed E-state index contributed by atoms with van der Waals surface area (Å²) in [6, 6.07) is 6.72. The van der Waals surface area contributed by atoms with E-state index < -0.39 is 0 Å². The summed E-state index contributed by atoms with van der Waals surface area (Å²) in [5.74, 6) is 0.587. The number of aromatic nitrogens is 2. The SMILES string of the molecule is Nc1ncnc(NCC2(c3ccc(F)cc3)CCC2)c1Cl. The van der Waals surface area contributed by atoms with Gasteiger partial charge in [0.15, 0.2) is 0 Å². The molecule has 1 fully saturated rings. The Balaban J connectivity index is 1.78. The first-order valence-electron chi connectivity index (χ1n) is 6.87. The highest BCUT2D eigenvalue weighted by molar-refractivity contribution is 6.35. The van der Waals surface area contributed by atoms with Gasteiger partial charge in [-0.2, -0.15) is 0 Å². The Labute approximate surface area is 127 Å². The summed E-state index contributed by atoms with van der Waals surface area (Å²) in [4.78, 5) is 7.95. The maximum absolute atomic E-state index is 13.1. The molecule has 0 saturated heterocycles. The molecule has 1 saturated carbocycles. The van der Waals surface area contributed by atoms with Gasteiger partial charge in [-0.3, -0.25) is 0 Å². The topological polar surface area (TPSA) is 63.8 Å². The lowest BCUT2D eigenvalue weighted by atomic mass is 9.64. The van der Waals surface area contributed by atoms with Crippen molar-refractivity contribution in [2.75, 3.05) is 17.6 Å². The molecule has 0 atom stereocenters. The summed E-state index contributed by atoms with van der Waals surface area (Å²) in [5, 5.41) is 3.59. The van der Waals surface area contributed by atoms with E-state index in [0.29, 0.717) is 17.4 Å². The lowest BCUT2D eigenvalue weighted by Crippen LogP contribution is -2.41. The number of rotatable bonds is 4. The standard InChI is InChI=1S/C15H16ClFN4/c16-12-13(18)20-9-21-14(12)19-8-15(6-1-7-15)10-2-4-11(17)5-3-10/h2-5,9H,1,6-8H2,(H3,18,19,20,21). The van der Waals surface area contributed by atoms with E-state index in [1.165, 1.54) is 24.9 Å². The summed E-state index contributed by atoms with van der Waals surface area (Å²) in [6.07, 6.45) is 4.67. The van der Waals surface area contributed by atoms with E-state index >= 15 is 0 Å². The van der Waals surface area contributed by atoms with Crippen LogP contribution in [0.15, 0.2) is 30.6 Å². The van der Waals surface area contributed by atoms with Crippen molar-refractivity contribution in [1.82, 2.24) is 9.97 Å². The number of hydrogen-bond donors (Lipinski definition) is 2. The minimum Gasteiger partial charge on any atom is -0.382 e. The molecule has 0 bridgehead atoms. The number of hydrogen-bond acceptors (Lipinski definition) is 4. The molecule has 1 aromatic heterocycles. The highest BCUT2D eigenvalue weighted by Crippen LogP contribution is 2.44. The lowest BCUT2D eigenvalue weighted by molar-refractivity contribution is 0.260. The average Bonchev–Trinajstić information content (AvgIpc) is 2.44. The molecular weight excluding hydrogens is 291 g/mol. The predicted octanol–water partition coefficient (Wildman–Crippen LogP) is 3.39. The van der Waals surface area contributed by atoms with Crippen molar-refractivity contribution in [3.8, 4) is 0 Å². The Bertz CT molecular complexity index is 641. The molecule has 3 rings (SSSR count). The molecule has 0 amide bonds. The van der Waals surface area contributed by atoms with Crippen LogP contribution < -0.4 is 11.1 Å². The van der Waals surface area contributed by atoms with Crippen molar-refractivity contribution >= 4 is 23.2 Å². The minimum atomic E-state index is -0.215. The van der Waals surface area contributed by atoms with E-state index in [1.54, 1.807) is 0 Å². The van der Waals surface area contributed by atoms with Gasteiger partial charge in [-0.25, -0.2) is 14.4 Å². The van der Waals surface area contributed by atoms with Crippen LogP contribution in [0.1, 0.15) is 24.8 Å². The highest BCUT2D eigenvalue weighted by atomic mass is 35.5. The molecule has 0 spiro atoms. The second kappa shape index (κ2) is 5.48. The molecule has 3 N–H and O–H groups in total. The van der Waals surface area contributed by atoms with Crippen LogP contribution in [0, 0.1) is 5.82 Å². The van der Waals surface area contributed by atoms with Crippen LogP contribution in [-0.4, -0.2) is 16.5 Å². The Morgan fingerprint density at radius 2 is 1.95 bits per heavy atom. The lowest BCUT2D eigenvalue weighted by Gasteiger charge is -2.42. The Morgan fingerprint density at radius 3 is 2.57 bits per heavy atom. The van der Waals surface area contributed by atoms with Crippen molar-refractivity contribution < 1.29 is 4.39 Å². The smallest absolute Gasteiger partial charge is 0.150 e. The fraction of sp³-hybridized carbons (Fsp3) is 0.333. The third-order valence-corrected chi connectivity index (χ3v) is 4.55. The van der Waals surface area contributed by atoms with Gasteiger partial charge < -0.3 is 11.1 Å². The molecule has 0 radical (unpaired) electrons. The van der Waals surface area contributed by atoms with Gasteiger partial charge in [0.1, 0.15) is 28.8 Å². The van der Waals surface area contributed by atoms with Crippen molar-refractivity contribution in [2.24, 2.45) is 0 Å².